The summed E-state index contributed by atoms with van der Waals surface area (Å²) in [6.45, 7) is 2.21. The van der Waals surface area contributed by atoms with Crippen LogP contribution < -0.4 is 5.32 Å². The first kappa shape index (κ1) is 13.9. The van der Waals surface area contributed by atoms with E-state index < -0.39 is 0 Å². The Morgan fingerprint density at radius 2 is 1.80 bits per heavy atom. The molecule has 0 aliphatic heterocycles. The van der Waals surface area contributed by atoms with Gasteiger partial charge in [-0.25, -0.2) is 0 Å². The standard InChI is InChI=1S/C16H17NO3/c1-11-14(3-2-4-15(11)19)16(20)17-10-9-12-5-7-13(18)8-6-12/h2-8,18-19H,9-10H2,1H3,(H,17,20). The zero-order valence-corrected chi connectivity index (χ0v) is 11.3. The van der Waals surface area contributed by atoms with Crippen LogP contribution >= 0.6 is 0 Å². The molecule has 0 aliphatic rings. The van der Waals surface area contributed by atoms with Crippen molar-refractivity contribution >= 4 is 5.91 Å². The van der Waals surface area contributed by atoms with E-state index in [4.69, 9.17) is 0 Å². The smallest absolute Gasteiger partial charge is 0.251 e. The zero-order chi connectivity index (χ0) is 14.5. The lowest BCUT2D eigenvalue weighted by atomic mass is 10.1. The zero-order valence-electron chi connectivity index (χ0n) is 11.3. The van der Waals surface area contributed by atoms with Crippen LogP contribution in [0.15, 0.2) is 42.5 Å². The highest BCUT2D eigenvalue weighted by molar-refractivity contribution is 5.96. The van der Waals surface area contributed by atoms with Crippen molar-refractivity contribution < 1.29 is 15.0 Å². The SMILES string of the molecule is Cc1c(O)cccc1C(=O)NCCc1ccc(O)cc1. The van der Waals surface area contributed by atoms with Crippen molar-refractivity contribution in [1.82, 2.24) is 5.32 Å². The van der Waals surface area contributed by atoms with Gasteiger partial charge in [0.1, 0.15) is 11.5 Å². The lowest BCUT2D eigenvalue weighted by Crippen LogP contribution is -2.26. The number of hydrogen-bond acceptors (Lipinski definition) is 3. The first-order valence-electron chi connectivity index (χ1n) is 6.42. The summed E-state index contributed by atoms with van der Waals surface area (Å²) in [6, 6.07) is 11.8. The van der Waals surface area contributed by atoms with Crippen LogP contribution in [0.5, 0.6) is 11.5 Å². The minimum absolute atomic E-state index is 0.121. The van der Waals surface area contributed by atoms with Gasteiger partial charge in [-0.1, -0.05) is 18.2 Å². The molecule has 0 radical (unpaired) electrons. The van der Waals surface area contributed by atoms with Gasteiger partial charge in [0.25, 0.3) is 5.91 Å². The molecule has 2 rings (SSSR count). The number of carbonyl (C=O) groups is 1. The van der Waals surface area contributed by atoms with E-state index in [0.29, 0.717) is 24.1 Å². The van der Waals surface area contributed by atoms with Gasteiger partial charge in [-0.15, -0.1) is 0 Å². The van der Waals surface area contributed by atoms with E-state index in [0.717, 1.165) is 5.56 Å². The number of amides is 1. The average Bonchev–Trinajstić information content (AvgIpc) is 2.44. The highest BCUT2D eigenvalue weighted by atomic mass is 16.3. The fourth-order valence-corrected chi connectivity index (χ4v) is 1.95. The Kier molecular flexibility index (Phi) is 4.25. The Hall–Kier alpha value is -2.49. The number of hydrogen-bond donors (Lipinski definition) is 3. The molecular weight excluding hydrogens is 254 g/mol. The van der Waals surface area contributed by atoms with Crippen LogP contribution in [0.2, 0.25) is 0 Å². The monoisotopic (exact) mass is 271 g/mol. The number of carbonyl (C=O) groups excluding carboxylic acids is 1. The average molecular weight is 271 g/mol. The summed E-state index contributed by atoms with van der Waals surface area (Å²) >= 11 is 0. The fourth-order valence-electron chi connectivity index (χ4n) is 1.95. The summed E-state index contributed by atoms with van der Waals surface area (Å²) in [6.07, 6.45) is 0.684. The predicted molar refractivity (Wildman–Crippen MR) is 77.0 cm³/mol. The van der Waals surface area contributed by atoms with Gasteiger partial charge in [0.15, 0.2) is 0 Å². The Balaban J connectivity index is 1.92. The molecule has 0 spiro atoms. The van der Waals surface area contributed by atoms with Crippen LogP contribution in [-0.2, 0) is 6.42 Å². The summed E-state index contributed by atoms with van der Waals surface area (Å²) < 4.78 is 0. The van der Waals surface area contributed by atoms with E-state index in [9.17, 15) is 15.0 Å². The van der Waals surface area contributed by atoms with Crippen molar-refractivity contribution in [3.05, 3.63) is 59.2 Å². The lowest BCUT2D eigenvalue weighted by molar-refractivity contribution is 0.0953. The molecule has 2 aromatic carbocycles. The van der Waals surface area contributed by atoms with E-state index in [1.165, 1.54) is 0 Å². The van der Waals surface area contributed by atoms with Gasteiger partial charge in [-0.3, -0.25) is 4.79 Å². The molecule has 0 aromatic heterocycles. The number of nitrogens with one attached hydrogen (secondary N) is 1. The fraction of sp³-hybridized carbons (Fsp3) is 0.188. The Labute approximate surface area is 117 Å². The molecule has 1 amide bonds. The summed E-state index contributed by atoms with van der Waals surface area (Å²) in [5.41, 5.74) is 2.10. The second-order valence-electron chi connectivity index (χ2n) is 4.62. The van der Waals surface area contributed by atoms with Crippen molar-refractivity contribution in [2.24, 2.45) is 0 Å². The lowest BCUT2D eigenvalue weighted by Gasteiger charge is -2.09. The molecule has 0 aliphatic carbocycles. The van der Waals surface area contributed by atoms with Gasteiger partial charge >= 0.3 is 0 Å². The minimum Gasteiger partial charge on any atom is -0.508 e. The molecule has 0 unspecified atom stereocenters. The van der Waals surface area contributed by atoms with Crippen molar-refractivity contribution in [3.8, 4) is 11.5 Å². The van der Waals surface area contributed by atoms with E-state index in [-0.39, 0.29) is 17.4 Å². The Morgan fingerprint density at radius 1 is 1.10 bits per heavy atom. The summed E-state index contributed by atoms with van der Waals surface area (Å²) in [5, 5.41) is 21.6. The van der Waals surface area contributed by atoms with E-state index in [2.05, 4.69) is 5.32 Å². The molecule has 0 bridgehead atoms. The normalized spacial score (nSPS) is 10.2. The maximum absolute atomic E-state index is 12.0. The maximum Gasteiger partial charge on any atom is 0.251 e. The molecule has 0 saturated carbocycles. The van der Waals surface area contributed by atoms with E-state index in [1.54, 1.807) is 37.3 Å². The number of benzene rings is 2. The van der Waals surface area contributed by atoms with Crippen LogP contribution in [0.3, 0.4) is 0 Å². The topological polar surface area (TPSA) is 69.6 Å². The van der Waals surface area contributed by atoms with Gasteiger partial charge in [-0.05, 0) is 43.2 Å². The van der Waals surface area contributed by atoms with Gasteiger partial charge < -0.3 is 15.5 Å². The van der Waals surface area contributed by atoms with Crippen molar-refractivity contribution in [2.45, 2.75) is 13.3 Å². The first-order chi connectivity index (χ1) is 9.58. The molecule has 0 saturated heterocycles. The third-order valence-electron chi connectivity index (χ3n) is 3.19. The third kappa shape index (κ3) is 3.29. The second-order valence-corrected chi connectivity index (χ2v) is 4.62. The van der Waals surface area contributed by atoms with Crippen molar-refractivity contribution in [3.63, 3.8) is 0 Å². The van der Waals surface area contributed by atoms with Crippen molar-refractivity contribution in [1.29, 1.82) is 0 Å². The van der Waals surface area contributed by atoms with Crippen LogP contribution in [0.1, 0.15) is 21.5 Å². The highest BCUT2D eigenvalue weighted by Crippen LogP contribution is 2.19. The van der Waals surface area contributed by atoms with Crippen LogP contribution in [0, 0.1) is 6.92 Å². The van der Waals surface area contributed by atoms with Gasteiger partial charge in [0.05, 0.1) is 0 Å². The molecule has 0 heterocycles. The van der Waals surface area contributed by atoms with E-state index in [1.807, 2.05) is 12.1 Å². The number of phenols is 2. The summed E-state index contributed by atoms with van der Waals surface area (Å²) in [5.74, 6) is 0.154. The minimum atomic E-state index is -0.197. The maximum atomic E-state index is 12.0. The molecule has 3 N–H and O–H groups in total. The predicted octanol–water partition coefficient (Wildman–Crippen LogP) is 2.38. The van der Waals surface area contributed by atoms with Crippen molar-refractivity contribution in [2.75, 3.05) is 6.54 Å². The molecular formula is C16H17NO3. The Bertz CT molecular complexity index is 606. The Morgan fingerprint density at radius 3 is 2.50 bits per heavy atom. The molecule has 0 fully saturated rings. The highest BCUT2D eigenvalue weighted by Gasteiger charge is 2.10. The molecule has 2 aromatic rings. The summed E-state index contributed by atoms with van der Waals surface area (Å²) in [7, 11) is 0. The number of aromatic hydroxyl groups is 2. The summed E-state index contributed by atoms with van der Waals surface area (Å²) in [4.78, 5) is 12.0. The largest absolute Gasteiger partial charge is 0.508 e. The third-order valence-corrected chi connectivity index (χ3v) is 3.19. The number of phenolic OH excluding ortho intramolecular Hbond substituents is 2. The second kappa shape index (κ2) is 6.10. The van der Waals surface area contributed by atoms with Crippen LogP contribution in [0.4, 0.5) is 0 Å². The van der Waals surface area contributed by atoms with Crippen LogP contribution in [-0.4, -0.2) is 22.7 Å². The van der Waals surface area contributed by atoms with Crippen LogP contribution in [0.25, 0.3) is 0 Å². The van der Waals surface area contributed by atoms with E-state index >= 15 is 0 Å². The first-order valence-corrected chi connectivity index (χ1v) is 6.42. The number of rotatable bonds is 4. The molecule has 104 valence electrons. The quantitative estimate of drug-likeness (QED) is 0.799. The molecule has 0 atom stereocenters. The van der Waals surface area contributed by atoms with Gasteiger partial charge in [0, 0.05) is 17.7 Å². The molecule has 20 heavy (non-hydrogen) atoms. The molecule has 4 nitrogen and oxygen atoms in total. The van der Waals surface area contributed by atoms with Gasteiger partial charge in [-0.2, -0.15) is 0 Å². The molecule has 4 heteroatoms. The van der Waals surface area contributed by atoms with Gasteiger partial charge in [0.2, 0.25) is 0 Å².